The number of piperazine rings is 1. The maximum absolute atomic E-state index is 12.7. The van der Waals surface area contributed by atoms with Crippen LogP contribution in [0, 0.1) is 5.92 Å². The number of amides is 2. The Hall–Kier alpha value is -2.77. The Morgan fingerprint density at radius 1 is 1.27 bits per heavy atom. The average Bonchev–Trinajstić information content (AvgIpc) is 2.73. The van der Waals surface area contributed by atoms with Gasteiger partial charge >= 0.3 is 5.97 Å². The molecule has 2 rings (SSSR count). The third-order valence-corrected chi connectivity index (χ3v) is 4.65. The molecule has 2 N–H and O–H groups in total. The minimum Gasteiger partial charge on any atom is -0.494 e. The predicted molar refractivity (Wildman–Crippen MR) is 114 cm³/mol. The third-order valence-electron chi connectivity index (χ3n) is 4.65. The molecule has 0 saturated carbocycles. The van der Waals surface area contributed by atoms with Gasteiger partial charge in [-0.25, -0.2) is 0 Å². The van der Waals surface area contributed by atoms with Gasteiger partial charge in [-0.15, -0.1) is 0 Å². The summed E-state index contributed by atoms with van der Waals surface area (Å²) < 4.78 is 10.8. The number of ether oxygens (including phenoxy) is 2. The highest BCUT2D eigenvalue weighted by molar-refractivity contribution is 5.93. The molecule has 0 aliphatic carbocycles. The first-order chi connectivity index (χ1) is 14.4. The molecule has 1 saturated heterocycles. The van der Waals surface area contributed by atoms with E-state index in [4.69, 9.17) is 9.47 Å². The first kappa shape index (κ1) is 23.5. The molecule has 0 bridgehead atoms. The van der Waals surface area contributed by atoms with E-state index < -0.39 is 12.0 Å². The van der Waals surface area contributed by atoms with Crippen molar-refractivity contribution in [3.63, 3.8) is 0 Å². The summed E-state index contributed by atoms with van der Waals surface area (Å²) in [7, 11) is 0. The number of carbonyl (C=O) groups excluding carboxylic acids is 3. The lowest BCUT2D eigenvalue weighted by atomic mass is 10.1. The number of hydrogen-bond acceptors (Lipinski definition) is 6. The maximum Gasteiger partial charge on any atom is 0.308 e. The van der Waals surface area contributed by atoms with Gasteiger partial charge in [0, 0.05) is 18.8 Å². The van der Waals surface area contributed by atoms with Gasteiger partial charge < -0.3 is 25.0 Å². The van der Waals surface area contributed by atoms with E-state index in [1.54, 1.807) is 0 Å². The van der Waals surface area contributed by atoms with Crippen LogP contribution in [-0.4, -0.2) is 61.6 Å². The molecule has 8 nitrogen and oxygen atoms in total. The fourth-order valence-corrected chi connectivity index (χ4v) is 2.98. The van der Waals surface area contributed by atoms with E-state index in [-0.39, 0.29) is 30.7 Å². The van der Waals surface area contributed by atoms with Gasteiger partial charge in [-0.1, -0.05) is 27.2 Å². The highest BCUT2D eigenvalue weighted by Gasteiger charge is 2.35. The Labute approximate surface area is 178 Å². The minimum atomic E-state index is -0.845. The summed E-state index contributed by atoms with van der Waals surface area (Å²) in [6.07, 6.45) is 1.94. The third kappa shape index (κ3) is 7.57. The van der Waals surface area contributed by atoms with E-state index in [2.05, 4.69) is 17.6 Å². The fraction of sp³-hybridized carbons (Fsp3) is 0.591. The van der Waals surface area contributed by atoms with Crippen molar-refractivity contribution in [1.29, 1.82) is 0 Å². The number of hydrogen-bond donors (Lipinski definition) is 2. The normalized spacial score (nSPS) is 16.2. The second kappa shape index (κ2) is 12.0. The number of benzene rings is 1. The molecule has 0 spiro atoms. The van der Waals surface area contributed by atoms with E-state index in [0.29, 0.717) is 26.3 Å². The van der Waals surface area contributed by atoms with E-state index >= 15 is 0 Å². The quantitative estimate of drug-likeness (QED) is 0.422. The van der Waals surface area contributed by atoms with Crippen molar-refractivity contribution < 1.29 is 23.9 Å². The molecule has 0 aromatic heterocycles. The topological polar surface area (TPSA) is 97.0 Å². The molecule has 1 unspecified atom stereocenters. The summed E-state index contributed by atoms with van der Waals surface area (Å²) in [5.41, 5.74) is 0.778. The number of carbonyl (C=O) groups is 3. The molecule has 1 heterocycles. The Kier molecular flexibility index (Phi) is 9.44. The number of nitrogens with one attached hydrogen (secondary N) is 2. The minimum absolute atomic E-state index is 0.0286. The second-order valence-electron chi connectivity index (χ2n) is 7.75. The summed E-state index contributed by atoms with van der Waals surface area (Å²) in [6, 6.07) is 6.55. The van der Waals surface area contributed by atoms with Crippen LogP contribution in [0.4, 0.5) is 5.69 Å². The molecule has 1 aromatic rings. The van der Waals surface area contributed by atoms with Crippen molar-refractivity contribution in [1.82, 2.24) is 10.2 Å². The number of unbranched alkanes of at least 4 members (excludes halogenated alkanes) is 1. The Balaban J connectivity index is 1.88. The van der Waals surface area contributed by atoms with Crippen molar-refractivity contribution in [3.05, 3.63) is 24.3 Å². The summed E-state index contributed by atoms with van der Waals surface area (Å²) >= 11 is 0. The molecule has 8 heteroatoms. The fourth-order valence-electron chi connectivity index (χ4n) is 2.98. The highest BCUT2D eigenvalue weighted by Crippen LogP contribution is 2.17. The number of anilines is 1. The maximum atomic E-state index is 12.7. The van der Waals surface area contributed by atoms with Gasteiger partial charge in [0.15, 0.2) is 0 Å². The van der Waals surface area contributed by atoms with Gasteiger partial charge in [0.2, 0.25) is 11.8 Å². The standard InChI is InChI=1S/C22H33N3O5/c1-4-5-12-29-18-8-6-17(7-9-18)24-14-20(26)25-11-10-23-22(28)19(25)13-21(27)30-15-16(2)3/h6-9,16,19,24H,4-5,10-15H2,1-3H3,(H,23,28). The molecule has 1 aliphatic heterocycles. The molecular formula is C22H33N3O5. The number of nitrogens with zero attached hydrogens (tertiary/aromatic N) is 1. The largest absolute Gasteiger partial charge is 0.494 e. The number of esters is 1. The van der Waals surface area contributed by atoms with Crippen LogP contribution in [0.2, 0.25) is 0 Å². The summed E-state index contributed by atoms with van der Waals surface area (Å²) in [4.78, 5) is 38.5. The lowest BCUT2D eigenvalue weighted by molar-refractivity contribution is -0.152. The van der Waals surface area contributed by atoms with Gasteiger partial charge in [-0.05, 0) is 36.6 Å². The highest BCUT2D eigenvalue weighted by atomic mass is 16.5. The Morgan fingerprint density at radius 3 is 2.67 bits per heavy atom. The molecule has 30 heavy (non-hydrogen) atoms. The molecule has 0 radical (unpaired) electrons. The van der Waals surface area contributed by atoms with Crippen molar-refractivity contribution in [2.75, 3.05) is 38.2 Å². The van der Waals surface area contributed by atoms with Crippen LogP contribution >= 0.6 is 0 Å². The smallest absolute Gasteiger partial charge is 0.308 e. The van der Waals surface area contributed by atoms with Gasteiger partial charge in [0.05, 0.1) is 26.2 Å². The van der Waals surface area contributed by atoms with Crippen LogP contribution < -0.4 is 15.4 Å². The molecule has 2 amide bonds. The van der Waals surface area contributed by atoms with Crippen molar-refractivity contribution in [2.24, 2.45) is 5.92 Å². The van der Waals surface area contributed by atoms with Gasteiger partial charge in [0.1, 0.15) is 11.8 Å². The van der Waals surface area contributed by atoms with E-state index in [1.807, 2.05) is 38.1 Å². The van der Waals surface area contributed by atoms with E-state index in [0.717, 1.165) is 24.3 Å². The van der Waals surface area contributed by atoms with Crippen LogP contribution in [0.3, 0.4) is 0 Å². The molecule has 166 valence electrons. The van der Waals surface area contributed by atoms with Crippen LogP contribution in [0.15, 0.2) is 24.3 Å². The van der Waals surface area contributed by atoms with Crippen molar-refractivity contribution in [3.8, 4) is 5.75 Å². The van der Waals surface area contributed by atoms with Crippen LogP contribution in [0.5, 0.6) is 5.75 Å². The van der Waals surface area contributed by atoms with Gasteiger partial charge in [-0.3, -0.25) is 14.4 Å². The lowest BCUT2D eigenvalue weighted by Crippen LogP contribution is -2.58. The summed E-state index contributed by atoms with van der Waals surface area (Å²) in [5.74, 6) is -0.0536. The molecule has 1 aromatic carbocycles. The molecular weight excluding hydrogens is 386 g/mol. The van der Waals surface area contributed by atoms with E-state index in [1.165, 1.54) is 4.90 Å². The van der Waals surface area contributed by atoms with Crippen molar-refractivity contribution >= 4 is 23.5 Å². The monoisotopic (exact) mass is 419 g/mol. The van der Waals surface area contributed by atoms with Crippen LogP contribution in [0.1, 0.15) is 40.0 Å². The first-order valence-corrected chi connectivity index (χ1v) is 10.6. The first-order valence-electron chi connectivity index (χ1n) is 10.6. The predicted octanol–water partition coefficient (Wildman–Crippen LogP) is 2.19. The van der Waals surface area contributed by atoms with Gasteiger partial charge in [0.25, 0.3) is 0 Å². The zero-order valence-corrected chi connectivity index (χ0v) is 18.1. The Bertz CT molecular complexity index is 705. The zero-order valence-electron chi connectivity index (χ0n) is 18.1. The zero-order chi connectivity index (χ0) is 21.9. The summed E-state index contributed by atoms with van der Waals surface area (Å²) in [6.45, 7) is 7.71. The van der Waals surface area contributed by atoms with Crippen molar-refractivity contribution in [2.45, 2.75) is 46.1 Å². The second-order valence-corrected chi connectivity index (χ2v) is 7.75. The molecule has 1 atom stereocenters. The van der Waals surface area contributed by atoms with E-state index in [9.17, 15) is 14.4 Å². The van der Waals surface area contributed by atoms with Crippen LogP contribution in [-0.2, 0) is 19.1 Å². The number of rotatable bonds is 11. The Morgan fingerprint density at radius 2 is 2.00 bits per heavy atom. The molecule has 1 aliphatic rings. The summed E-state index contributed by atoms with van der Waals surface area (Å²) in [5, 5.41) is 5.78. The SMILES string of the molecule is CCCCOc1ccc(NCC(=O)N2CCNC(=O)C2CC(=O)OCC(C)C)cc1. The average molecular weight is 420 g/mol. The molecule has 1 fully saturated rings. The van der Waals surface area contributed by atoms with Crippen LogP contribution in [0.25, 0.3) is 0 Å². The lowest BCUT2D eigenvalue weighted by Gasteiger charge is -2.34. The van der Waals surface area contributed by atoms with Gasteiger partial charge in [-0.2, -0.15) is 0 Å².